The third-order valence-electron chi connectivity index (χ3n) is 3.17. The van der Waals surface area contributed by atoms with E-state index < -0.39 is 16.1 Å². The molecule has 8 heteroatoms. The molecule has 0 saturated carbocycles. The highest BCUT2D eigenvalue weighted by atomic mass is 35.5. The lowest BCUT2D eigenvalue weighted by Gasteiger charge is -2.21. The molecular weight excluding hydrogens is 328 g/mol. The summed E-state index contributed by atoms with van der Waals surface area (Å²) in [4.78, 5) is 12.1. The van der Waals surface area contributed by atoms with Crippen LogP contribution in [0.3, 0.4) is 0 Å². The van der Waals surface area contributed by atoms with Gasteiger partial charge in [0.25, 0.3) is 5.91 Å². The first-order valence-electron chi connectivity index (χ1n) is 6.65. The molecule has 1 heterocycles. The summed E-state index contributed by atoms with van der Waals surface area (Å²) in [6, 6.07) is 4.67. The number of carbonyl (C=O) groups is 1. The molecule has 2 rings (SSSR count). The quantitative estimate of drug-likeness (QED) is 0.841. The van der Waals surface area contributed by atoms with Crippen molar-refractivity contribution < 1.29 is 17.9 Å². The zero-order valence-electron chi connectivity index (χ0n) is 12.1. The summed E-state index contributed by atoms with van der Waals surface area (Å²) in [7, 11) is -3.50. The van der Waals surface area contributed by atoms with E-state index in [0.717, 1.165) is 6.26 Å². The largest absolute Gasteiger partial charge is 0.478 e. The molecule has 6 nitrogen and oxygen atoms in total. The van der Waals surface area contributed by atoms with Gasteiger partial charge in [0.1, 0.15) is 5.75 Å². The molecule has 0 saturated heterocycles. The number of carbonyl (C=O) groups excluding carboxylic acids is 1. The van der Waals surface area contributed by atoms with Gasteiger partial charge in [-0.1, -0.05) is 17.7 Å². The number of ether oxygens (including phenoxy) is 1. The van der Waals surface area contributed by atoms with Crippen molar-refractivity contribution in [2.75, 3.05) is 23.7 Å². The molecule has 1 aliphatic heterocycles. The van der Waals surface area contributed by atoms with Crippen molar-refractivity contribution in [2.24, 2.45) is 0 Å². The SMILES string of the molecule is C=CCNC(=O)[C@@H]1CCN(S(C)(=O)=O)c2cc(Cl)ccc2O1. The van der Waals surface area contributed by atoms with Gasteiger partial charge in [0, 0.05) is 24.5 Å². The number of hydrogen-bond donors (Lipinski definition) is 1. The molecule has 1 N–H and O–H groups in total. The van der Waals surface area contributed by atoms with Gasteiger partial charge in [0.2, 0.25) is 10.0 Å². The Morgan fingerprint density at radius 2 is 2.32 bits per heavy atom. The summed E-state index contributed by atoms with van der Waals surface area (Å²) >= 11 is 5.95. The maximum absolute atomic E-state index is 12.1. The van der Waals surface area contributed by atoms with E-state index >= 15 is 0 Å². The van der Waals surface area contributed by atoms with Crippen LogP contribution in [0.15, 0.2) is 30.9 Å². The van der Waals surface area contributed by atoms with Crippen molar-refractivity contribution in [1.29, 1.82) is 0 Å². The summed E-state index contributed by atoms with van der Waals surface area (Å²) in [5.41, 5.74) is 0.342. The van der Waals surface area contributed by atoms with Crippen molar-refractivity contribution in [3.63, 3.8) is 0 Å². The molecule has 0 aliphatic carbocycles. The van der Waals surface area contributed by atoms with Crippen molar-refractivity contribution in [1.82, 2.24) is 5.32 Å². The normalized spacial score (nSPS) is 17.9. The van der Waals surface area contributed by atoms with Crippen molar-refractivity contribution in [3.8, 4) is 5.75 Å². The molecule has 0 fully saturated rings. The lowest BCUT2D eigenvalue weighted by Crippen LogP contribution is -2.39. The Kier molecular flexibility index (Phi) is 4.97. The Morgan fingerprint density at radius 1 is 1.59 bits per heavy atom. The molecule has 120 valence electrons. The Labute approximate surface area is 134 Å². The first kappa shape index (κ1) is 16.6. The second kappa shape index (κ2) is 6.58. The van der Waals surface area contributed by atoms with Crippen molar-refractivity contribution >= 4 is 33.2 Å². The monoisotopic (exact) mass is 344 g/mol. The summed E-state index contributed by atoms with van der Waals surface area (Å²) in [5.74, 6) is 0.00206. The number of fused-ring (bicyclic) bond motifs is 1. The van der Waals surface area contributed by atoms with Crippen LogP contribution >= 0.6 is 11.6 Å². The molecule has 0 unspecified atom stereocenters. The molecule has 1 aliphatic rings. The predicted octanol–water partition coefficient (Wildman–Crippen LogP) is 1.56. The highest BCUT2D eigenvalue weighted by molar-refractivity contribution is 7.92. The summed E-state index contributed by atoms with van der Waals surface area (Å²) in [6.07, 6.45) is 2.13. The number of nitrogens with one attached hydrogen (secondary N) is 1. The van der Waals surface area contributed by atoms with Gasteiger partial charge in [-0.3, -0.25) is 9.10 Å². The summed E-state index contributed by atoms with van der Waals surface area (Å²) < 4.78 is 30.8. The minimum atomic E-state index is -3.50. The lowest BCUT2D eigenvalue weighted by atomic mass is 10.2. The molecule has 0 spiro atoms. The Hall–Kier alpha value is -1.73. The van der Waals surface area contributed by atoms with Gasteiger partial charge < -0.3 is 10.1 Å². The predicted molar refractivity (Wildman–Crippen MR) is 85.9 cm³/mol. The second-order valence-electron chi connectivity index (χ2n) is 4.88. The number of benzene rings is 1. The fourth-order valence-corrected chi connectivity index (χ4v) is 3.27. The van der Waals surface area contributed by atoms with Gasteiger partial charge in [-0.25, -0.2) is 8.42 Å². The van der Waals surface area contributed by atoms with Crippen LogP contribution in [0.1, 0.15) is 6.42 Å². The van der Waals surface area contributed by atoms with Crippen LogP contribution in [0.2, 0.25) is 5.02 Å². The van der Waals surface area contributed by atoms with Gasteiger partial charge in [-0.15, -0.1) is 6.58 Å². The first-order chi connectivity index (χ1) is 10.3. The maximum atomic E-state index is 12.1. The number of nitrogens with zero attached hydrogens (tertiary/aromatic N) is 1. The molecule has 1 aromatic carbocycles. The Balaban J connectivity index is 2.36. The molecule has 1 atom stereocenters. The minimum absolute atomic E-state index is 0.137. The Morgan fingerprint density at radius 3 is 2.95 bits per heavy atom. The van der Waals surface area contributed by atoms with Crippen LogP contribution in [0.4, 0.5) is 5.69 Å². The van der Waals surface area contributed by atoms with Crippen LogP contribution in [-0.4, -0.2) is 39.8 Å². The molecule has 1 aromatic rings. The number of halogens is 1. The molecule has 0 radical (unpaired) electrons. The van der Waals surface area contributed by atoms with E-state index in [1.54, 1.807) is 18.2 Å². The van der Waals surface area contributed by atoms with E-state index in [2.05, 4.69) is 11.9 Å². The van der Waals surface area contributed by atoms with Gasteiger partial charge >= 0.3 is 0 Å². The number of sulfonamides is 1. The maximum Gasteiger partial charge on any atom is 0.261 e. The number of anilines is 1. The average Bonchev–Trinajstić information content (AvgIpc) is 2.63. The third-order valence-corrected chi connectivity index (χ3v) is 4.58. The smallest absolute Gasteiger partial charge is 0.261 e. The van der Waals surface area contributed by atoms with Crippen LogP contribution in [-0.2, 0) is 14.8 Å². The summed E-state index contributed by atoms with van der Waals surface area (Å²) in [6.45, 7) is 3.99. The van der Waals surface area contributed by atoms with Crippen molar-refractivity contribution in [3.05, 3.63) is 35.9 Å². The van der Waals surface area contributed by atoms with E-state index in [0.29, 0.717) is 23.0 Å². The molecular formula is C14H17ClN2O4S. The highest BCUT2D eigenvalue weighted by Gasteiger charge is 2.31. The standard InChI is InChI=1S/C14H17ClN2O4S/c1-3-7-16-14(18)13-6-8-17(22(2,19)20)11-9-10(15)4-5-12(11)21-13/h3-5,9,13H,1,6-8H2,2H3,(H,16,18)/t13-/m0/s1. The number of amides is 1. The lowest BCUT2D eigenvalue weighted by molar-refractivity contribution is -0.127. The van der Waals surface area contributed by atoms with Crippen LogP contribution in [0.5, 0.6) is 5.75 Å². The van der Waals surface area contributed by atoms with Crippen LogP contribution < -0.4 is 14.4 Å². The average molecular weight is 345 g/mol. The molecule has 0 bridgehead atoms. The van der Waals surface area contributed by atoms with E-state index in [1.165, 1.54) is 10.4 Å². The molecule has 0 aromatic heterocycles. The van der Waals surface area contributed by atoms with Crippen LogP contribution in [0, 0.1) is 0 Å². The zero-order chi connectivity index (χ0) is 16.3. The number of rotatable bonds is 4. The van der Waals surface area contributed by atoms with Gasteiger partial charge in [0.05, 0.1) is 11.9 Å². The van der Waals surface area contributed by atoms with E-state index in [1.807, 2.05) is 0 Å². The van der Waals surface area contributed by atoms with Crippen LogP contribution in [0.25, 0.3) is 0 Å². The zero-order valence-corrected chi connectivity index (χ0v) is 13.7. The van der Waals surface area contributed by atoms with Gasteiger partial charge in [-0.05, 0) is 18.2 Å². The van der Waals surface area contributed by atoms with E-state index in [4.69, 9.17) is 16.3 Å². The fourth-order valence-electron chi connectivity index (χ4n) is 2.17. The molecule has 22 heavy (non-hydrogen) atoms. The second-order valence-corrected chi connectivity index (χ2v) is 7.22. The van der Waals surface area contributed by atoms with E-state index in [9.17, 15) is 13.2 Å². The fraction of sp³-hybridized carbons (Fsp3) is 0.357. The molecule has 1 amide bonds. The third kappa shape index (κ3) is 3.72. The summed E-state index contributed by atoms with van der Waals surface area (Å²) in [5, 5.41) is 3.04. The first-order valence-corrected chi connectivity index (χ1v) is 8.88. The highest BCUT2D eigenvalue weighted by Crippen LogP contribution is 2.36. The van der Waals surface area contributed by atoms with E-state index in [-0.39, 0.29) is 18.9 Å². The Bertz CT molecular complexity index is 690. The number of hydrogen-bond acceptors (Lipinski definition) is 4. The minimum Gasteiger partial charge on any atom is -0.478 e. The van der Waals surface area contributed by atoms with Gasteiger partial charge in [0.15, 0.2) is 6.10 Å². The topological polar surface area (TPSA) is 75.7 Å². The van der Waals surface area contributed by atoms with Crippen molar-refractivity contribution in [2.45, 2.75) is 12.5 Å². The van der Waals surface area contributed by atoms with Gasteiger partial charge in [-0.2, -0.15) is 0 Å².